The Morgan fingerprint density at radius 2 is 1.98 bits per heavy atom. The Kier molecular flexibility index (Phi) is 10.5. The van der Waals surface area contributed by atoms with E-state index in [9.17, 15) is 15.2 Å². The van der Waals surface area contributed by atoms with E-state index in [0.717, 1.165) is 16.7 Å². The van der Waals surface area contributed by atoms with Crippen LogP contribution < -0.4 is 24.3 Å². The fourth-order valence-electron chi connectivity index (χ4n) is 5.93. The summed E-state index contributed by atoms with van der Waals surface area (Å²) in [4.78, 5) is 16.6. The summed E-state index contributed by atoms with van der Waals surface area (Å²) in [6.07, 6.45) is 3.65. The molecule has 0 unspecified atom stereocenters. The predicted molar refractivity (Wildman–Crippen MR) is 178 cm³/mol. The summed E-state index contributed by atoms with van der Waals surface area (Å²) in [7, 11) is 0. The van der Waals surface area contributed by atoms with Crippen molar-refractivity contribution in [1.29, 1.82) is 5.26 Å². The summed E-state index contributed by atoms with van der Waals surface area (Å²) < 4.78 is 44.7. The molecule has 2 aliphatic rings. The van der Waals surface area contributed by atoms with E-state index in [4.69, 9.17) is 35.3 Å². The third-order valence-corrected chi connectivity index (χ3v) is 8.51. The van der Waals surface area contributed by atoms with Gasteiger partial charge in [0, 0.05) is 41.7 Å². The van der Waals surface area contributed by atoms with Crippen LogP contribution in [0.4, 0.5) is 4.39 Å². The van der Waals surface area contributed by atoms with Gasteiger partial charge in [-0.15, -0.1) is 0 Å². The first kappa shape index (κ1) is 34.0. The van der Waals surface area contributed by atoms with Crippen molar-refractivity contribution in [2.75, 3.05) is 19.8 Å². The number of aliphatic hydroxyl groups excluding tert-OH is 1. The molecule has 0 bridgehead atoms. The van der Waals surface area contributed by atoms with E-state index >= 15 is 4.39 Å². The fourth-order valence-corrected chi connectivity index (χ4v) is 6.16. The van der Waals surface area contributed by atoms with Crippen LogP contribution in [0.2, 0.25) is 5.02 Å². The van der Waals surface area contributed by atoms with Crippen LogP contribution in [0.15, 0.2) is 60.9 Å². The maximum atomic E-state index is 15.6. The summed E-state index contributed by atoms with van der Waals surface area (Å²) in [5.74, 6) is 0.257. The van der Waals surface area contributed by atoms with Crippen molar-refractivity contribution in [2.24, 2.45) is 0 Å². The molecule has 0 saturated carbocycles. The van der Waals surface area contributed by atoms with Gasteiger partial charge in [0.05, 0.1) is 23.3 Å². The topological polar surface area (TPSA) is 132 Å². The number of rotatable bonds is 12. The lowest BCUT2D eigenvalue weighted by Gasteiger charge is -2.22. The molecule has 12 heteroatoms. The van der Waals surface area contributed by atoms with Crippen molar-refractivity contribution >= 4 is 17.6 Å². The average Bonchev–Trinajstić information content (AvgIpc) is 3.52. The molecule has 1 aromatic heterocycles. The van der Waals surface area contributed by atoms with E-state index in [-0.39, 0.29) is 37.7 Å². The number of hydrogen-bond acceptors (Lipinski definition) is 10. The number of nitriles is 1. The number of aromatic nitrogens is 1. The molecule has 2 heterocycles. The highest BCUT2D eigenvalue weighted by Gasteiger charge is 2.30. The zero-order chi connectivity index (χ0) is 34.5. The van der Waals surface area contributed by atoms with E-state index < -0.39 is 24.4 Å². The second-order valence-corrected chi connectivity index (χ2v) is 12.4. The molecule has 4 aromatic rings. The predicted octanol–water partition coefficient (Wildman–Crippen LogP) is 6.23. The van der Waals surface area contributed by atoms with Crippen LogP contribution in [-0.4, -0.2) is 48.0 Å². The van der Waals surface area contributed by atoms with Gasteiger partial charge in [-0.2, -0.15) is 5.26 Å². The highest BCUT2D eigenvalue weighted by molar-refractivity contribution is 6.32. The Morgan fingerprint density at radius 1 is 1.14 bits per heavy atom. The van der Waals surface area contributed by atoms with E-state index in [0.29, 0.717) is 64.0 Å². The Labute approximate surface area is 288 Å². The second kappa shape index (κ2) is 15.1. The number of halogens is 2. The van der Waals surface area contributed by atoms with Gasteiger partial charge in [0.2, 0.25) is 0 Å². The fraction of sp³-hybridized carbons (Fsp3) is 0.324. The third-order valence-electron chi connectivity index (χ3n) is 8.21. The summed E-state index contributed by atoms with van der Waals surface area (Å²) in [5.41, 5.74) is 4.76. The van der Waals surface area contributed by atoms with Gasteiger partial charge in [0.25, 0.3) is 0 Å². The number of pyridine rings is 1. The lowest BCUT2D eigenvalue weighted by Crippen LogP contribution is -2.41. The largest absolute Gasteiger partial charge is 0.488 e. The highest BCUT2D eigenvalue weighted by atomic mass is 35.5. The van der Waals surface area contributed by atoms with E-state index in [1.54, 1.807) is 50.4 Å². The van der Waals surface area contributed by atoms with Crippen molar-refractivity contribution in [3.05, 3.63) is 99.6 Å². The SMILES string of the molecule is CC(C)OC(=O)[C@H](CO)NCc1cc(Cl)c(O[C@H]2CCc3c(-c4ccc5c(c4F)OCCO5)cccc32)cc1OCc1cncc(C#N)c1. The summed E-state index contributed by atoms with van der Waals surface area (Å²) in [6, 6.07) is 15.3. The minimum atomic E-state index is -0.968. The number of esters is 1. The van der Waals surface area contributed by atoms with Crippen molar-refractivity contribution in [2.45, 2.75) is 58.1 Å². The maximum absolute atomic E-state index is 15.6. The Balaban J connectivity index is 1.27. The quantitative estimate of drug-likeness (QED) is 0.165. The monoisotopic (exact) mass is 687 g/mol. The molecule has 3 aromatic carbocycles. The molecule has 1 aliphatic heterocycles. The molecular weight excluding hydrogens is 653 g/mol. The molecular formula is C37H35ClFN3O7. The van der Waals surface area contributed by atoms with Crippen LogP contribution in [0.3, 0.4) is 0 Å². The first-order valence-electron chi connectivity index (χ1n) is 16.0. The lowest BCUT2D eigenvalue weighted by atomic mass is 9.96. The Bertz CT molecular complexity index is 1900. The van der Waals surface area contributed by atoms with Crippen LogP contribution in [0, 0.1) is 17.1 Å². The number of fused-ring (bicyclic) bond motifs is 2. The van der Waals surface area contributed by atoms with Crippen LogP contribution in [0.1, 0.15) is 54.2 Å². The molecule has 2 N–H and O–H groups in total. The van der Waals surface area contributed by atoms with Gasteiger partial charge in [-0.05, 0) is 67.6 Å². The molecule has 2 atom stereocenters. The minimum Gasteiger partial charge on any atom is -0.488 e. The number of hydrogen-bond donors (Lipinski definition) is 2. The highest BCUT2D eigenvalue weighted by Crippen LogP contribution is 2.45. The van der Waals surface area contributed by atoms with Crippen molar-refractivity contribution in [1.82, 2.24) is 10.3 Å². The summed E-state index contributed by atoms with van der Waals surface area (Å²) in [6.45, 7) is 3.85. The number of carbonyl (C=O) groups excluding carboxylic acids is 1. The van der Waals surface area contributed by atoms with Gasteiger partial charge < -0.3 is 28.8 Å². The molecule has 0 saturated heterocycles. The number of ether oxygens (including phenoxy) is 5. The first-order chi connectivity index (χ1) is 23.7. The molecule has 6 rings (SSSR count). The smallest absolute Gasteiger partial charge is 0.325 e. The van der Waals surface area contributed by atoms with Gasteiger partial charge >= 0.3 is 5.97 Å². The Hall–Kier alpha value is -4.89. The second-order valence-electron chi connectivity index (χ2n) is 11.9. The Morgan fingerprint density at radius 3 is 2.78 bits per heavy atom. The molecule has 0 radical (unpaired) electrons. The number of aliphatic hydroxyl groups is 1. The van der Waals surface area contributed by atoms with Gasteiger partial charge in [0.1, 0.15) is 49.5 Å². The maximum Gasteiger partial charge on any atom is 0.325 e. The molecule has 49 heavy (non-hydrogen) atoms. The molecule has 10 nitrogen and oxygen atoms in total. The number of carbonyl (C=O) groups is 1. The number of nitrogens with one attached hydrogen (secondary N) is 1. The van der Waals surface area contributed by atoms with Gasteiger partial charge in [-0.1, -0.05) is 29.8 Å². The standard InChI is InChI=1S/C37H35ClFN3O7/c1-21(2)48-37(44)30(19-43)42-18-24-13-29(38)34(14-33(24)47-20-23-12-22(15-40)16-41-17-23)49-31-8-6-26-25(4-3-5-27(26)31)28-7-9-32-36(35(28)39)46-11-10-45-32/h3-5,7,9,12-14,16-17,21,30-31,42-43H,6,8,10-11,18-20H2,1-2H3/t30-,31-/m0/s1. The van der Waals surface area contributed by atoms with Gasteiger partial charge in [-0.25, -0.2) is 4.39 Å². The van der Waals surface area contributed by atoms with Gasteiger partial charge in [-0.3, -0.25) is 15.1 Å². The van der Waals surface area contributed by atoms with E-state index in [2.05, 4.69) is 16.4 Å². The van der Waals surface area contributed by atoms with Crippen LogP contribution in [-0.2, 0) is 29.1 Å². The first-order valence-corrected chi connectivity index (χ1v) is 16.3. The molecule has 0 spiro atoms. The van der Waals surface area contributed by atoms with Crippen molar-refractivity contribution < 1.29 is 38.0 Å². The van der Waals surface area contributed by atoms with E-state index in [1.807, 2.05) is 18.2 Å². The molecule has 254 valence electrons. The summed E-state index contributed by atoms with van der Waals surface area (Å²) in [5, 5.41) is 22.5. The van der Waals surface area contributed by atoms with Crippen molar-refractivity contribution in [3.8, 4) is 40.2 Å². The van der Waals surface area contributed by atoms with Crippen molar-refractivity contribution in [3.63, 3.8) is 0 Å². The minimum absolute atomic E-state index is 0.0894. The third kappa shape index (κ3) is 7.57. The van der Waals surface area contributed by atoms with Crippen LogP contribution in [0.5, 0.6) is 23.0 Å². The van der Waals surface area contributed by atoms with Crippen LogP contribution >= 0.6 is 11.6 Å². The zero-order valence-electron chi connectivity index (χ0n) is 27.0. The normalized spacial score (nSPS) is 15.3. The molecule has 1 aliphatic carbocycles. The average molecular weight is 688 g/mol. The zero-order valence-corrected chi connectivity index (χ0v) is 27.8. The number of nitrogens with zero attached hydrogens (tertiary/aromatic N) is 2. The van der Waals surface area contributed by atoms with Gasteiger partial charge in [0.15, 0.2) is 17.3 Å². The summed E-state index contributed by atoms with van der Waals surface area (Å²) >= 11 is 6.79. The molecule has 0 fully saturated rings. The van der Waals surface area contributed by atoms with Crippen LogP contribution in [0.25, 0.3) is 11.1 Å². The molecule has 0 amide bonds. The van der Waals surface area contributed by atoms with E-state index in [1.165, 1.54) is 6.20 Å². The lowest BCUT2D eigenvalue weighted by molar-refractivity contribution is -0.151. The number of benzene rings is 3.